The Balaban J connectivity index is 0. The maximum atomic E-state index is 9.76. The monoisotopic (exact) mass is 239 g/mol. The van der Waals surface area contributed by atoms with Gasteiger partial charge in [-0.1, -0.05) is 41.5 Å². The van der Waals surface area contributed by atoms with Crippen molar-refractivity contribution >= 4 is 0 Å². The van der Waals surface area contributed by atoms with E-state index in [1.165, 1.54) is 0 Å². The van der Waals surface area contributed by atoms with Crippen LogP contribution < -0.4 is 0 Å². The van der Waals surface area contributed by atoms with Crippen molar-refractivity contribution in [2.75, 3.05) is 0 Å². The SMILES string of the molecule is CC(C)(C)C(O)CC(O)C(C)(C)C.[V]. The fourth-order valence-corrected chi connectivity index (χ4v) is 0.919. The molecule has 3 heteroatoms. The molecule has 2 unspecified atom stereocenters. The average Bonchev–Trinajstić information content (AvgIpc) is 1.82. The van der Waals surface area contributed by atoms with Crippen LogP contribution in [0.25, 0.3) is 0 Å². The fourth-order valence-electron chi connectivity index (χ4n) is 0.919. The molecule has 0 aliphatic rings. The van der Waals surface area contributed by atoms with Gasteiger partial charge < -0.3 is 10.2 Å². The van der Waals surface area contributed by atoms with E-state index in [1.54, 1.807) is 0 Å². The summed E-state index contributed by atoms with van der Waals surface area (Å²) < 4.78 is 0. The Hall–Kier alpha value is 0.504. The van der Waals surface area contributed by atoms with Gasteiger partial charge in [0.2, 0.25) is 0 Å². The number of hydrogen-bond donors (Lipinski definition) is 2. The maximum Gasteiger partial charge on any atom is 0.0613 e. The third-order valence-corrected chi connectivity index (χ3v) is 2.45. The minimum absolute atomic E-state index is 0. The number of hydrogen-bond acceptors (Lipinski definition) is 2. The average molecular weight is 239 g/mol. The minimum atomic E-state index is -0.443. The van der Waals surface area contributed by atoms with Gasteiger partial charge in [-0.2, -0.15) is 0 Å². The largest absolute Gasteiger partial charge is 0.392 e. The maximum absolute atomic E-state index is 9.76. The molecule has 0 amide bonds. The van der Waals surface area contributed by atoms with Crippen molar-refractivity contribution in [1.29, 1.82) is 0 Å². The van der Waals surface area contributed by atoms with Crippen LogP contribution in [0.1, 0.15) is 48.0 Å². The molecule has 1 radical (unpaired) electrons. The molecule has 0 aromatic rings. The smallest absolute Gasteiger partial charge is 0.0613 e. The van der Waals surface area contributed by atoms with E-state index in [0.717, 1.165) is 0 Å². The van der Waals surface area contributed by atoms with Crippen molar-refractivity contribution < 1.29 is 28.8 Å². The quantitative estimate of drug-likeness (QED) is 0.775. The van der Waals surface area contributed by atoms with Crippen LogP contribution in [0.15, 0.2) is 0 Å². The van der Waals surface area contributed by atoms with Crippen molar-refractivity contribution in [2.24, 2.45) is 10.8 Å². The van der Waals surface area contributed by atoms with Crippen molar-refractivity contribution in [1.82, 2.24) is 0 Å². The van der Waals surface area contributed by atoms with Gasteiger partial charge in [0, 0.05) is 25.0 Å². The number of aliphatic hydroxyl groups excluding tert-OH is 2. The molecule has 0 spiro atoms. The first-order valence-electron chi connectivity index (χ1n) is 4.91. The van der Waals surface area contributed by atoms with E-state index in [-0.39, 0.29) is 29.4 Å². The van der Waals surface area contributed by atoms with Gasteiger partial charge >= 0.3 is 0 Å². The van der Waals surface area contributed by atoms with Gasteiger partial charge in [0.1, 0.15) is 0 Å². The van der Waals surface area contributed by atoms with E-state index in [4.69, 9.17) is 0 Å². The molecule has 2 atom stereocenters. The first-order valence-corrected chi connectivity index (χ1v) is 4.91. The summed E-state index contributed by atoms with van der Waals surface area (Å²) in [7, 11) is 0. The molecule has 2 N–H and O–H groups in total. The molecular weight excluding hydrogens is 215 g/mol. The normalized spacial score (nSPS) is 17.1. The fraction of sp³-hybridized carbons (Fsp3) is 1.00. The summed E-state index contributed by atoms with van der Waals surface area (Å²) in [6.45, 7) is 11.9. The summed E-state index contributed by atoms with van der Waals surface area (Å²) in [6, 6.07) is 0. The number of aliphatic hydroxyl groups is 2. The Morgan fingerprint density at radius 3 is 1.14 bits per heavy atom. The van der Waals surface area contributed by atoms with Gasteiger partial charge in [-0.05, 0) is 10.8 Å². The number of rotatable bonds is 2. The Kier molecular flexibility index (Phi) is 6.71. The van der Waals surface area contributed by atoms with Crippen LogP contribution in [-0.2, 0) is 18.6 Å². The van der Waals surface area contributed by atoms with Gasteiger partial charge in [0.05, 0.1) is 12.2 Å². The Bertz CT molecular complexity index is 138. The van der Waals surface area contributed by atoms with Crippen LogP contribution in [0.2, 0.25) is 0 Å². The van der Waals surface area contributed by atoms with Crippen LogP contribution in [0.4, 0.5) is 0 Å². The molecule has 0 aromatic carbocycles. The van der Waals surface area contributed by atoms with E-state index in [9.17, 15) is 10.2 Å². The summed E-state index contributed by atoms with van der Waals surface area (Å²) in [5.41, 5.74) is -0.293. The van der Waals surface area contributed by atoms with Gasteiger partial charge in [-0.15, -0.1) is 0 Å². The summed E-state index contributed by atoms with van der Waals surface area (Å²) in [5.74, 6) is 0. The second-order valence-electron chi connectivity index (χ2n) is 6.00. The standard InChI is InChI=1S/C11H24O2.V/c1-10(2,3)8(12)7-9(13)11(4,5)6;/h8-9,12-13H,7H2,1-6H3;. The van der Waals surface area contributed by atoms with Crippen molar-refractivity contribution in [3.8, 4) is 0 Å². The second-order valence-corrected chi connectivity index (χ2v) is 6.00. The molecule has 0 heterocycles. The molecule has 0 rings (SSSR count). The second kappa shape index (κ2) is 5.55. The Labute approximate surface area is 100.0 Å². The van der Waals surface area contributed by atoms with Crippen molar-refractivity contribution in [2.45, 2.75) is 60.2 Å². The third-order valence-electron chi connectivity index (χ3n) is 2.45. The van der Waals surface area contributed by atoms with Crippen LogP contribution >= 0.6 is 0 Å². The molecular formula is C11H24O2V. The first kappa shape index (κ1) is 16.9. The molecule has 0 saturated carbocycles. The van der Waals surface area contributed by atoms with Crippen molar-refractivity contribution in [3.63, 3.8) is 0 Å². The van der Waals surface area contributed by atoms with Gasteiger partial charge in [0.15, 0.2) is 0 Å². The van der Waals surface area contributed by atoms with Gasteiger partial charge in [-0.25, -0.2) is 0 Å². The predicted molar refractivity (Wildman–Crippen MR) is 55.5 cm³/mol. The summed E-state index contributed by atoms with van der Waals surface area (Å²) in [5, 5.41) is 19.5. The van der Waals surface area contributed by atoms with Crippen LogP contribution in [0.3, 0.4) is 0 Å². The Morgan fingerprint density at radius 1 is 0.786 bits per heavy atom. The summed E-state index contributed by atoms with van der Waals surface area (Å²) in [4.78, 5) is 0. The summed E-state index contributed by atoms with van der Waals surface area (Å²) >= 11 is 0. The molecule has 2 nitrogen and oxygen atoms in total. The molecule has 0 fully saturated rings. The summed E-state index contributed by atoms with van der Waals surface area (Å²) in [6.07, 6.45) is -0.434. The third kappa shape index (κ3) is 6.08. The van der Waals surface area contributed by atoms with Crippen molar-refractivity contribution in [3.05, 3.63) is 0 Å². The van der Waals surface area contributed by atoms with E-state index in [1.807, 2.05) is 41.5 Å². The molecule has 0 aliphatic heterocycles. The zero-order valence-corrected chi connectivity index (χ0v) is 11.6. The minimum Gasteiger partial charge on any atom is -0.392 e. The van der Waals surface area contributed by atoms with Crippen LogP contribution in [-0.4, -0.2) is 22.4 Å². The molecule has 0 aromatic heterocycles. The van der Waals surface area contributed by atoms with E-state index < -0.39 is 12.2 Å². The van der Waals surface area contributed by atoms with E-state index >= 15 is 0 Å². The predicted octanol–water partition coefficient (Wildman–Crippen LogP) is 2.19. The van der Waals surface area contributed by atoms with Crippen LogP contribution in [0, 0.1) is 10.8 Å². The molecule has 0 saturated heterocycles. The van der Waals surface area contributed by atoms with Gasteiger partial charge in [-0.3, -0.25) is 0 Å². The first-order chi connectivity index (χ1) is 5.55. The van der Waals surface area contributed by atoms with Gasteiger partial charge in [0.25, 0.3) is 0 Å². The zero-order chi connectivity index (χ0) is 10.9. The van der Waals surface area contributed by atoms with Crippen LogP contribution in [0.5, 0.6) is 0 Å². The molecule has 14 heavy (non-hydrogen) atoms. The molecule has 0 aliphatic carbocycles. The molecule has 0 bridgehead atoms. The van der Waals surface area contributed by atoms with E-state index in [0.29, 0.717) is 6.42 Å². The molecule has 85 valence electrons. The Morgan fingerprint density at radius 2 is 1.00 bits per heavy atom. The zero-order valence-electron chi connectivity index (χ0n) is 10.2. The van der Waals surface area contributed by atoms with E-state index in [2.05, 4.69) is 0 Å². The topological polar surface area (TPSA) is 40.5 Å².